The monoisotopic (exact) mass is 337 g/mol. The molecule has 0 aliphatic heterocycles. The minimum atomic E-state index is -0.113. The van der Waals surface area contributed by atoms with Gasteiger partial charge in [-0.15, -0.1) is 0 Å². The molecule has 0 radical (unpaired) electrons. The molecule has 0 aliphatic carbocycles. The average Bonchev–Trinajstić information content (AvgIpc) is 2.78. The zero-order valence-electron chi connectivity index (χ0n) is 11.6. The predicted octanol–water partition coefficient (Wildman–Crippen LogP) is 2.04. The molecule has 106 valence electrons. The number of nitrogens with two attached hydrogens (primary N) is 1. The number of H-pyrrole nitrogens is 1. The summed E-state index contributed by atoms with van der Waals surface area (Å²) in [5, 5.41) is 6.78. The maximum Gasteiger partial charge on any atom is 0.254 e. The molecular weight excluding hydrogens is 322 g/mol. The number of halogens is 1. The molecule has 0 bridgehead atoms. The highest BCUT2D eigenvalue weighted by molar-refractivity contribution is 9.10. The van der Waals surface area contributed by atoms with Crippen LogP contribution >= 0.6 is 15.9 Å². The number of aromatic nitrogens is 3. The van der Waals surface area contributed by atoms with E-state index in [9.17, 15) is 4.79 Å². The molecule has 0 saturated heterocycles. The van der Waals surface area contributed by atoms with E-state index < -0.39 is 0 Å². The van der Waals surface area contributed by atoms with Gasteiger partial charge in [-0.05, 0) is 31.5 Å². The predicted molar refractivity (Wildman–Crippen MR) is 80.2 cm³/mol. The third-order valence-electron chi connectivity index (χ3n) is 3.01. The van der Waals surface area contributed by atoms with Crippen molar-refractivity contribution in [1.82, 2.24) is 20.1 Å². The number of hydrogen-bond donors (Lipinski definition) is 2. The number of benzene rings is 1. The molecule has 0 fully saturated rings. The van der Waals surface area contributed by atoms with Gasteiger partial charge in [-0.25, -0.2) is 4.98 Å². The molecule has 0 spiro atoms. The van der Waals surface area contributed by atoms with Crippen molar-refractivity contribution in [2.45, 2.75) is 20.4 Å². The molecule has 0 saturated carbocycles. The van der Waals surface area contributed by atoms with Gasteiger partial charge in [0.25, 0.3) is 5.91 Å². The first-order chi connectivity index (χ1) is 9.38. The second kappa shape index (κ2) is 5.62. The summed E-state index contributed by atoms with van der Waals surface area (Å²) in [5.41, 5.74) is 7.82. The summed E-state index contributed by atoms with van der Waals surface area (Å²) >= 11 is 3.35. The van der Waals surface area contributed by atoms with E-state index in [1.54, 1.807) is 24.1 Å². The van der Waals surface area contributed by atoms with E-state index in [0.29, 0.717) is 23.6 Å². The van der Waals surface area contributed by atoms with E-state index in [2.05, 4.69) is 31.1 Å². The lowest BCUT2D eigenvalue weighted by Gasteiger charge is -2.17. The number of anilines is 1. The van der Waals surface area contributed by atoms with Crippen molar-refractivity contribution in [2.24, 2.45) is 0 Å². The maximum absolute atomic E-state index is 12.5. The van der Waals surface area contributed by atoms with Crippen LogP contribution in [0.25, 0.3) is 0 Å². The molecule has 1 amide bonds. The van der Waals surface area contributed by atoms with E-state index in [0.717, 1.165) is 15.9 Å². The lowest BCUT2D eigenvalue weighted by Crippen LogP contribution is -2.27. The summed E-state index contributed by atoms with van der Waals surface area (Å²) in [5.74, 6) is 1.20. The fraction of sp³-hybridized carbons (Fsp3) is 0.308. The molecule has 1 aromatic carbocycles. The van der Waals surface area contributed by atoms with E-state index in [1.165, 1.54) is 0 Å². The van der Waals surface area contributed by atoms with Crippen LogP contribution in [0, 0.1) is 13.8 Å². The molecule has 6 nitrogen and oxygen atoms in total. The van der Waals surface area contributed by atoms with Crippen LogP contribution in [0.4, 0.5) is 5.69 Å². The number of amides is 1. The topological polar surface area (TPSA) is 87.9 Å². The lowest BCUT2D eigenvalue weighted by molar-refractivity contribution is 0.0781. The normalized spacial score (nSPS) is 10.6. The van der Waals surface area contributed by atoms with Crippen LogP contribution in [-0.4, -0.2) is 33.0 Å². The first-order valence-corrected chi connectivity index (χ1v) is 6.86. The number of aromatic amines is 1. The highest BCUT2D eigenvalue weighted by Gasteiger charge is 2.17. The first kappa shape index (κ1) is 14.5. The average molecular weight is 338 g/mol. The summed E-state index contributed by atoms with van der Waals surface area (Å²) in [6.07, 6.45) is 0. The van der Waals surface area contributed by atoms with E-state index in [1.807, 2.05) is 13.8 Å². The number of carbonyl (C=O) groups is 1. The van der Waals surface area contributed by atoms with Gasteiger partial charge in [0.1, 0.15) is 5.82 Å². The van der Waals surface area contributed by atoms with Crippen molar-refractivity contribution < 1.29 is 4.79 Å². The van der Waals surface area contributed by atoms with Crippen molar-refractivity contribution in [1.29, 1.82) is 0 Å². The van der Waals surface area contributed by atoms with Gasteiger partial charge in [-0.1, -0.05) is 15.9 Å². The Bertz CT molecular complexity index is 652. The number of rotatable bonds is 3. The minimum absolute atomic E-state index is 0.113. The van der Waals surface area contributed by atoms with Crippen molar-refractivity contribution in [2.75, 3.05) is 12.8 Å². The number of nitrogens with one attached hydrogen (secondary N) is 1. The van der Waals surface area contributed by atoms with Gasteiger partial charge >= 0.3 is 0 Å². The first-order valence-electron chi connectivity index (χ1n) is 6.07. The molecule has 7 heteroatoms. The van der Waals surface area contributed by atoms with Crippen LogP contribution in [0.1, 0.15) is 27.6 Å². The third-order valence-corrected chi connectivity index (χ3v) is 3.47. The zero-order chi connectivity index (χ0) is 14.9. The molecule has 2 aromatic rings. The molecular formula is C13H16BrN5O. The van der Waals surface area contributed by atoms with Gasteiger partial charge in [0.2, 0.25) is 0 Å². The Morgan fingerprint density at radius 2 is 2.15 bits per heavy atom. The van der Waals surface area contributed by atoms with Gasteiger partial charge in [-0.3, -0.25) is 9.89 Å². The van der Waals surface area contributed by atoms with Crippen LogP contribution in [0.15, 0.2) is 16.6 Å². The Morgan fingerprint density at radius 1 is 1.45 bits per heavy atom. The smallest absolute Gasteiger partial charge is 0.254 e. The van der Waals surface area contributed by atoms with Gasteiger partial charge in [0, 0.05) is 22.8 Å². The molecule has 20 heavy (non-hydrogen) atoms. The molecule has 2 rings (SSSR count). The number of nitrogen functional groups attached to an aromatic ring is 1. The number of hydrogen-bond acceptors (Lipinski definition) is 4. The Balaban J connectivity index is 2.22. The lowest BCUT2D eigenvalue weighted by atomic mass is 10.1. The maximum atomic E-state index is 12.5. The van der Waals surface area contributed by atoms with Crippen LogP contribution in [0.5, 0.6) is 0 Å². The Hall–Kier alpha value is -1.89. The standard InChI is InChI=1S/C13H16BrN5O/c1-7-10(4-9(14)5-11(7)15)13(20)19(3)6-12-16-8(2)17-18-12/h4-5H,6,15H2,1-3H3,(H,16,17,18). The van der Waals surface area contributed by atoms with Crippen LogP contribution in [0.3, 0.4) is 0 Å². The molecule has 1 aromatic heterocycles. The van der Waals surface area contributed by atoms with Gasteiger partial charge in [-0.2, -0.15) is 5.10 Å². The SMILES string of the molecule is Cc1nc(CN(C)C(=O)c2cc(Br)cc(N)c2C)n[nH]1. The molecule has 0 atom stereocenters. The van der Waals surface area contributed by atoms with Crippen LogP contribution in [-0.2, 0) is 6.54 Å². The van der Waals surface area contributed by atoms with E-state index >= 15 is 0 Å². The largest absolute Gasteiger partial charge is 0.398 e. The third kappa shape index (κ3) is 2.98. The van der Waals surface area contributed by atoms with Crippen molar-refractivity contribution in [3.05, 3.63) is 39.4 Å². The van der Waals surface area contributed by atoms with E-state index in [4.69, 9.17) is 5.73 Å². The fourth-order valence-corrected chi connectivity index (χ4v) is 2.35. The Labute approximate surface area is 125 Å². The van der Waals surface area contributed by atoms with Crippen LogP contribution < -0.4 is 5.73 Å². The van der Waals surface area contributed by atoms with Crippen LogP contribution in [0.2, 0.25) is 0 Å². The minimum Gasteiger partial charge on any atom is -0.398 e. The molecule has 0 unspecified atom stereocenters. The second-order valence-corrected chi connectivity index (χ2v) is 5.58. The summed E-state index contributed by atoms with van der Waals surface area (Å²) < 4.78 is 0.783. The number of nitrogens with zero attached hydrogens (tertiary/aromatic N) is 3. The van der Waals surface area contributed by atoms with Gasteiger partial charge in [0.05, 0.1) is 6.54 Å². The Morgan fingerprint density at radius 3 is 2.75 bits per heavy atom. The zero-order valence-corrected chi connectivity index (χ0v) is 13.2. The van der Waals surface area contributed by atoms with Crippen molar-refractivity contribution in [3.63, 3.8) is 0 Å². The fourth-order valence-electron chi connectivity index (χ4n) is 1.87. The quantitative estimate of drug-likeness (QED) is 0.839. The van der Waals surface area contributed by atoms with Gasteiger partial charge in [0.15, 0.2) is 5.82 Å². The summed E-state index contributed by atoms with van der Waals surface area (Å²) in [4.78, 5) is 18.2. The Kier molecular flexibility index (Phi) is 4.08. The summed E-state index contributed by atoms with van der Waals surface area (Å²) in [6.45, 7) is 3.99. The second-order valence-electron chi connectivity index (χ2n) is 4.67. The highest BCUT2D eigenvalue weighted by Crippen LogP contribution is 2.23. The molecule has 3 N–H and O–H groups in total. The van der Waals surface area contributed by atoms with Crippen molar-refractivity contribution in [3.8, 4) is 0 Å². The summed E-state index contributed by atoms with van der Waals surface area (Å²) in [6, 6.07) is 3.55. The van der Waals surface area contributed by atoms with E-state index in [-0.39, 0.29) is 5.91 Å². The van der Waals surface area contributed by atoms with Crippen molar-refractivity contribution >= 4 is 27.5 Å². The number of aryl methyl sites for hydroxylation is 1. The molecule has 1 heterocycles. The number of carbonyl (C=O) groups excluding carboxylic acids is 1. The molecule has 0 aliphatic rings. The summed E-state index contributed by atoms with van der Waals surface area (Å²) in [7, 11) is 1.71. The highest BCUT2D eigenvalue weighted by atomic mass is 79.9. The van der Waals surface area contributed by atoms with Gasteiger partial charge < -0.3 is 10.6 Å².